The van der Waals surface area contributed by atoms with Crippen LogP contribution in [0.25, 0.3) is 0 Å². The van der Waals surface area contributed by atoms with E-state index < -0.39 is 0 Å². The molecule has 0 aromatic heterocycles. The molecule has 100 valence electrons. The van der Waals surface area contributed by atoms with Crippen LogP contribution < -0.4 is 17.6 Å². The minimum absolute atomic E-state index is 0. The Bertz CT molecular complexity index is 544. The zero-order chi connectivity index (χ0) is 13.0. The van der Waals surface area contributed by atoms with Gasteiger partial charge in [-0.15, -0.1) is 0 Å². The highest BCUT2D eigenvalue weighted by molar-refractivity contribution is 6.33. The first-order valence-electron chi connectivity index (χ1n) is 5.58. The molecule has 0 aliphatic rings. The molecule has 19 heavy (non-hydrogen) atoms. The standard InChI is InChI=1S/C14H14ClN3.H3N/c15-12-2-1-3-13(17)14(12)18-9-8-10-4-6-11(16)7-5-10;/h1-7,9H,8,16-17H2;1H3. The van der Waals surface area contributed by atoms with Crippen molar-refractivity contribution in [2.24, 2.45) is 4.99 Å². The second kappa shape index (κ2) is 6.78. The summed E-state index contributed by atoms with van der Waals surface area (Å²) in [5.74, 6) is 0. The third-order valence-electron chi connectivity index (χ3n) is 2.55. The maximum atomic E-state index is 6.02. The number of anilines is 2. The van der Waals surface area contributed by atoms with Crippen molar-refractivity contribution in [2.75, 3.05) is 11.5 Å². The first kappa shape index (κ1) is 15.0. The molecule has 0 bridgehead atoms. The van der Waals surface area contributed by atoms with E-state index in [9.17, 15) is 0 Å². The molecule has 0 amide bonds. The van der Waals surface area contributed by atoms with Gasteiger partial charge < -0.3 is 17.6 Å². The lowest BCUT2D eigenvalue weighted by Gasteiger charge is -2.02. The Kier molecular flexibility index (Phi) is 5.36. The minimum Gasteiger partial charge on any atom is -0.399 e. The highest BCUT2D eigenvalue weighted by Crippen LogP contribution is 2.30. The van der Waals surface area contributed by atoms with E-state index in [4.69, 9.17) is 23.1 Å². The van der Waals surface area contributed by atoms with E-state index in [0.29, 0.717) is 22.8 Å². The molecular weight excluding hydrogens is 260 g/mol. The van der Waals surface area contributed by atoms with Gasteiger partial charge in [0.1, 0.15) is 5.69 Å². The molecule has 0 saturated carbocycles. The predicted molar refractivity (Wildman–Crippen MR) is 83.6 cm³/mol. The van der Waals surface area contributed by atoms with Crippen LogP contribution in [0.4, 0.5) is 17.1 Å². The summed E-state index contributed by atoms with van der Waals surface area (Å²) < 4.78 is 0. The van der Waals surface area contributed by atoms with Crippen molar-refractivity contribution in [1.82, 2.24) is 6.15 Å². The molecule has 0 unspecified atom stereocenters. The van der Waals surface area contributed by atoms with Crippen molar-refractivity contribution in [3.8, 4) is 0 Å². The topological polar surface area (TPSA) is 99.4 Å². The van der Waals surface area contributed by atoms with Gasteiger partial charge in [0, 0.05) is 18.3 Å². The zero-order valence-corrected chi connectivity index (χ0v) is 11.3. The Labute approximate surface area is 117 Å². The third kappa shape index (κ3) is 3.98. The number of benzene rings is 2. The summed E-state index contributed by atoms with van der Waals surface area (Å²) in [6, 6.07) is 13.0. The maximum Gasteiger partial charge on any atom is 0.104 e. The lowest BCUT2D eigenvalue weighted by Crippen LogP contribution is -1.89. The molecular formula is C14H17ClN4. The van der Waals surface area contributed by atoms with E-state index in [1.54, 1.807) is 24.4 Å². The molecule has 0 heterocycles. The van der Waals surface area contributed by atoms with Gasteiger partial charge in [0.05, 0.1) is 10.7 Å². The zero-order valence-electron chi connectivity index (χ0n) is 10.5. The lowest BCUT2D eigenvalue weighted by atomic mass is 10.1. The second-order valence-electron chi connectivity index (χ2n) is 3.94. The fourth-order valence-corrected chi connectivity index (χ4v) is 1.79. The molecule has 0 aliphatic carbocycles. The van der Waals surface area contributed by atoms with E-state index in [-0.39, 0.29) is 6.15 Å². The van der Waals surface area contributed by atoms with E-state index >= 15 is 0 Å². The van der Waals surface area contributed by atoms with Crippen molar-refractivity contribution in [3.05, 3.63) is 53.1 Å². The Morgan fingerprint density at radius 1 is 1.05 bits per heavy atom. The number of nitrogens with zero attached hydrogens (tertiary/aromatic N) is 1. The van der Waals surface area contributed by atoms with Crippen molar-refractivity contribution in [3.63, 3.8) is 0 Å². The first-order chi connectivity index (χ1) is 8.66. The van der Waals surface area contributed by atoms with Crippen molar-refractivity contribution >= 4 is 34.9 Å². The molecule has 0 aliphatic heterocycles. The van der Waals surface area contributed by atoms with Gasteiger partial charge in [0.2, 0.25) is 0 Å². The quantitative estimate of drug-likeness (QED) is 0.590. The van der Waals surface area contributed by atoms with Crippen LogP contribution in [0.15, 0.2) is 47.5 Å². The SMILES string of the molecule is N.Nc1ccc(CC=Nc2c(N)cccc2Cl)cc1. The molecule has 4 nitrogen and oxygen atoms in total. The summed E-state index contributed by atoms with van der Waals surface area (Å²) in [4.78, 5) is 4.31. The fraction of sp³-hybridized carbons (Fsp3) is 0.0714. The fourth-order valence-electron chi connectivity index (χ4n) is 1.56. The number of hydrogen-bond donors (Lipinski definition) is 3. The molecule has 0 fully saturated rings. The number of para-hydroxylation sites is 1. The summed E-state index contributed by atoms with van der Waals surface area (Å²) in [5, 5.41) is 0.559. The van der Waals surface area contributed by atoms with Crippen molar-refractivity contribution in [2.45, 2.75) is 6.42 Å². The van der Waals surface area contributed by atoms with Crippen molar-refractivity contribution in [1.29, 1.82) is 0 Å². The number of hydrogen-bond acceptors (Lipinski definition) is 4. The van der Waals surface area contributed by atoms with E-state index in [2.05, 4.69) is 4.99 Å². The van der Waals surface area contributed by atoms with Crippen LogP contribution >= 0.6 is 11.6 Å². The van der Waals surface area contributed by atoms with Crippen LogP contribution in [-0.2, 0) is 6.42 Å². The van der Waals surface area contributed by atoms with Gasteiger partial charge in [0.25, 0.3) is 0 Å². The number of halogens is 1. The Morgan fingerprint density at radius 2 is 1.74 bits per heavy atom. The van der Waals surface area contributed by atoms with E-state index in [0.717, 1.165) is 11.3 Å². The average Bonchev–Trinajstić information content (AvgIpc) is 2.35. The number of aliphatic imine (C=N–C) groups is 1. The molecule has 7 N–H and O–H groups in total. The smallest absolute Gasteiger partial charge is 0.104 e. The number of nitrogens with two attached hydrogens (primary N) is 2. The molecule has 0 atom stereocenters. The number of rotatable bonds is 3. The van der Waals surface area contributed by atoms with Crippen LogP contribution in [0.5, 0.6) is 0 Å². The van der Waals surface area contributed by atoms with Crippen LogP contribution in [-0.4, -0.2) is 6.21 Å². The predicted octanol–water partition coefficient (Wildman–Crippen LogP) is 3.61. The largest absolute Gasteiger partial charge is 0.399 e. The van der Waals surface area contributed by atoms with Crippen LogP contribution in [0, 0.1) is 0 Å². The Morgan fingerprint density at radius 3 is 2.37 bits per heavy atom. The summed E-state index contributed by atoms with van der Waals surface area (Å²) in [5.41, 5.74) is 14.5. The van der Waals surface area contributed by atoms with E-state index in [1.807, 2.05) is 24.3 Å². The summed E-state index contributed by atoms with van der Waals surface area (Å²) in [7, 11) is 0. The van der Waals surface area contributed by atoms with Gasteiger partial charge in [-0.25, -0.2) is 0 Å². The highest BCUT2D eigenvalue weighted by atomic mass is 35.5. The summed E-state index contributed by atoms with van der Waals surface area (Å²) in [6.45, 7) is 0. The van der Waals surface area contributed by atoms with Gasteiger partial charge in [-0.05, 0) is 29.8 Å². The second-order valence-corrected chi connectivity index (χ2v) is 4.34. The highest BCUT2D eigenvalue weighted by Gasteiger charge is 2.00. The third-order valence-corrected chi connectivity index (χ3v) is 2.85. The first-order valence-corrected chi connectivity index (χ1v) is 5.95. The van der Waals surface area contributed by atoms with Crippen molar-refractivity contribution < 1.29 is 0 Å². The monoisotopic (exact) mass is 276 g/mol. The van der Waals surface area contributed by atoms with Crippen LogP contribution in [0.1, 0.15) is 5.56 Å². The van der Waals surface area contributed by atoms with Gasteiger partial charge in [-0.1, -0.05) is 29.8 Å². The molecule has 2 rings (SSSR count). The normalized spacial score (nSPS) is 10.4. The van der Waals surface area contributed by atoms with Crippen LogP contribution in [0.3, 0.4) is 0 Å². The minimum atomic E-state index is 0. The molecule has 0 saturated heterocycles. The van der Waals surface area contributed by atoms with Gasteiger partial charge in [0.15, 0.2) is 0 Å². The van der Waals surface area contributed by atoms with Gasteiger partial charge in [-0.2, -0.15) is 0 Å². The molecule has 2 aromatic rings. The Balaban J connectivity index is 0.00000180. The molecule has 2 aromatic carbocycles. The summed E-state index contributed by atoms with van der Waals surface area (Å²) in [6.07, 6.45) is 2.51. The molecule has 5 heteroatoms. The molecule has 0 spiro atoms. The summed E-state index contributed by atoms with van der Waals surface area (Å²) >= 11 is 6.02. The van der Waals surface area contributed by atoms with Gasteiger partial charge in [-0.3, -0.25) is 4.99 Å². The average molecular weight is 277 g/mol. The van der Waals surface area contributed by atoms with Gasteiger partial charge >= 0.3 is 0 Å². The number of nitrogen functional groups attached to an aromatic ring is 2. The van der Waals surface area contributed by atoms with Crippen LogP contribution in [0.2, 0.25) is 5.02 Å². The lowest BCUT2D eigenvalue weighted by molar-refractivity contribution is 1.35. The Hall–Kier alpha value is -2.04. The molecule has 0 radical (unpaired) electrons. The maximum absolute atomic E-state index is 6.02. The van der Waals surface area contributed by atoms with E-state index in [1.165, 1.54) is 0 Å².